The van der Waals surface area contributed by atoms with Gasteiger partial charge in [0, 0.05) is 20.0 Å². The molecule has 1 N–H and O–H groups in total. The van der Waals surface area contributed by atoms with Crippen LogP contribution in [0.2, 0.25) is 0 Å². The lowest BCUT2D eigenvalue weighted by atomic mass is 9.94. The standard InChI is InChI=1S/C20H24N2O3S/c1-12-7-8-18(25-12)16-9-22(10-17(16)21-13(2)23)20(24)19-15-6-4-3-5-14(15)11-26-19/h7-8,11,16-17H,3-6,9-10H2,1-2H3,(H,21,23). The lowest BCUT2D eigenvalue weighted by molar-refractivity contribution is -0.119. The van der Waals surface area contributed by atoms with E-state index >= 15 is 0 Å². The first-order valence-electron chi connectivity index (χ1n) is 9.25. The largest absolute Gasteiger partial charge is 0.466 e. The number of thiophene rings is 1. The zero-order chi connectivity index (χ0) is 18.3. The molecule has 26 heavy (non-hydrogen) atoms. The summed E-state index contributed by atoms with van der Waals surface area (Å²) in [5.74, 6) is 1.70. The Morgan fingerprint density at radius 2 is 2.04 bits per heavy atom. The number of hydrogen-bond acceptors (Lipinski definition) is 4. The van der Waals surface area contributed by atoms with Crippen LogP contribution in [0.15, 0.2) is 21.9 Å². The van der Waals surface area contributed by atoms with E-state index in [4.69, 9.17) is 4.42 Å². The van der Waals surface area contributed by atoms with Gasteiger partial charge in [-0.3, -0.25) is 9.59 Å². The van der Waals surface area contributed by atoms with E-state index in [1.165, 1.54) is 24.5 Å². The summed E-state index contributed by atoms with van der Waals surface area (Å²) in [7, 11) is 0. The second kappa shape index (κ2) is 6.91. The number of nitrogens with zero attached hydrogens (tertiary/aromatic N) is 1. The Balaban J connectivity index is 1.58. The number of fused-ring (bicyclic) bond motifs is 1. The molecule has 1 aliphatic heterocycles. The van der Waals surface area contributed by atoms with Crippen LogP contribution in [0.25, 0.3) is 0 Å². The van der Waals surface area contributed by atoms with Crippen molar-refractivity contribution in [3.8, 4) is 0 Å². The molecule has 0 saturated carbocycles. The van der Waals surface area contributed by atoms with Crippen LogP contribution < -0.4 is 5.32 Å². The van der Waals surface area contributed by atoms with Crippen LogP contribution in [-0.4, -0.2) is 35.8 Å². The van der Waals surface area contributed by atoms with Gasteiger partial charge in [0.15, 0.2) is 0 Å². The summed E-state index contributed by atoms with van der Waals surface area (Å²) >= 11 is 1.57. The van der Waals surface area contributed by atoms with Gasteiger partial charge in [0.1, 0.15) is 11.5 Å². The molecule has 2 aliphatic rings. The van der Waals surface area contributed by atoms with Crippen molar-refractivity contribution >= 4 is 23.2 Å². The number of hydrogen-bond donors (Lipinski definition) is 1. The molecule has 2 amide bonds. The fourth-order valence-electron chi connectivity index (χ4n) is 4.16. The van der Waals surface area contributed by atoms with Crippen LogP contribution in [0, 0.1) is 6.92 Å². The van der Waals surface area contributed by atoms with E-state index in [0.717, 1.165) is 35.7 Å². The first kappa shape index (κ1) is 17.3. The van der Waals surface area contributed by atoms with Crippen molar-refractivity contribution in [2.75, 3.05) is 13.1 Å². The first-order chi connectivity index (χ1) is 12.5. The van der Waals surface area contributed by atoms with E-state index in [-0.39, 0.29) is 23.8 Å². The Bertz CT molecular complexity index is 838. The van der Waals surface area contributed by atoms with Gasteiger partial charge in [0.25, 0.3) is 5.91 Å². The minimum Gasteiger partial charge on any atom is -0.466 e. The average Bonchev–Trinajstić information content (AvgIpc) is 3.31. The summed E-state index contributed by atoms with van der Waals surface area (Å²) in [4.78, 5) is 27.6. The minimum atomic E-state index is -0.113. The summed E-state index contributed by atoms with van der Waals surface area (Å²) < 4.78 is 5.80. The van der Waals surface area contributed by atoms with Crippen molar-refractivity contribution in [2.45, 2.75) is 51.5 Å². The van der Waals surface area contributed by atoms with Crippen molar-refractivity contribution in [3.63, 3.8) is 0 Å². The third-order valence-corrected chi connectivity index (χ3v) is 6.48. The molecular weight excluding hydrogens is 348 g/mol. The highest BCUT2D eigenvalue weighted by Gasteiger charge is 2.39. The van der Waals surface area contributed by atoms with E-state index < -0.39 is 0 Å². The van der Waals surface area contributed by atoms with Gasteiger partial charge >= 0.3 is 0 Å². The van der Waals surface area contributed by atoms with E-state index in [9.17, 15) is 9.59 Å². The highest BCUT2D eigenvalue weighted by atomic mass is 32.1. The van der Waals surface area contributed by atoms with Gasteiger partial charge in [-0.15, -0.1) is 11.3 Å². The predicted molar refractivity (Wildman–Crippen MR) is 101 cm³/mol. The fraction of sp³-hybridized carbons (Fsp3) is 0.500. The number of carbonyl (C=O) groups is 2. The van der Waals surface area contributed by atoms with E-state index in [1.54, 1.807) is 11.3 Å². The smallest absolute Gasteiger partial charge is 0.264 e. The van der Waals surface area contributed by atoms with Crippen molar-refractivity contribution in [1.82, 2.24) is 10.2 Å². The highest BCUT2D eigenvalue weighted by Crippen LogP contribution is 2.34. The second-order valence-corrected chi connectivity index (χ2v) is 8.23. The zero-order valence-corrected chi connectivity index (χ0v) is 16.0. The van der Waals surface area contributed by atoms with Crippen LogP contribution in [-0.2, 0) is 17.6 Å². The summed E-state index contributed by atoms with van der Waals surface area (Å²) in [6, 6.07) is 3.77. The van der Waals surface area contributed by atoms with Gasteiger partial charge in [-0.25, -0.2) is 0 Å². The average molecular weight is 372 g/mol. The second-order valence-electron chi connectivity index (χ2n) is 7.35. The summed E-state index contributed by atoms with van der Waals surface area (Å²) in [5.41, 5.74) is 2.60. The molecule has 2 unspecified atom stereocenters. The Labute approximate surface area is 157 Å². The molecule has 1 fully saturated rings. The van der Waals surface area contributed by atoms with Gasteiger partial charge < -0.3 is 14.6 Å². The Kier molecular flexibility index (Phi) is 4.61. The molecule has 5 nitrogen and oxygen atoms in total. The minimum absolute atomic E-state index is 0.00709. The van der Waals surface area contributed by atoms with Gasteiger partial charge in [0.05, 0.1) is 16.8 Å². The maximum absolute atomic E-state index is 13.2. The van der Waals surface area contributed by atoms with Crippen molar-refractivity contribution < 1.29 is 14.0 Å². The molecule has 2 aromatic heterocycles. The topological polar surface area (TPSA) is 62.6 Å². The maximum Gasteiger partial charge on any atom is 0.264 e. The van der Waals surface area contributed by atoms with E-state index in [0.29, 0.717) is 13.1 Å². The number of nitrogens with one attached hydrogen (secondary N) is 1. The number of rotatable bonds is 3. The quantitative estimate of drug-likeness (QED) is 0.899. The van der Waals surface area contributed by atoms with Crippen molar-refractivity contribution in [1.29, 1.82) is 0 Å². The molecule has 4 rings (SSSR count). The summed E-state index contributed by atoms with van der Waals surface area (Å²) in [5, 5.41) is 5.15. The van der Waals surface area contributed by atoms with Gasteiger partial charge in [0.2, 0.25) is 5.91 Å². The molecular formula is C20H24N2O3S. The molecule has 0 bridgehead atoms. The van der Waals surface area contributed by atoms with Crippen molar-refractivity contribution in [3.05, 3.63) is 45.0 Å². The molecule has 1 saturated heterocycles. The highest BCUT2D eigenvalue weighted by molar-refractivity contribution is 7.12. The van der Waals surface area contributed by atoms with E-state index in [2.05, 4.69) is 10.7 Å². The van der Waals surface area contributed by atoms with Crippen molar-refractivity contribution in [2.24, 2.45) is 0 Å². The molecule has 2 aromatic rings. The fourth-order valence-corrected chi connectivity index (χ4v) is 5.29. The number of furan rings is 1. The predicted octanol–water partition coefficient (Wildman–Crippen LogP) is 3.27. The summed E-state index contributed by atoms with van der Waals surface area (Å²) in [6.45, 7) is 4.52. The SMILES string of the molecule is CC(=O)NC1CN(C(=O)c2scc3c2CCCC3)CC1c1ccc(C)o1. The van der Waals surface area contributed by atoms with Gasteiger partial charge in [-0.1, -0.05) is 0 Å². The van der Waals surface area contributed by atoms with Crippen LogP contribution >= 0.6 is 11.3 Å². The number of likely N-dealkylation sites (tertiary alicyclic amines) is 1. The molecule has 6 heteroatoms. The molecule has 3 heterocycles. The zero-order valence-electron chi connectivity index (χ0n) is 15.2. The third kappa shape index (κ3) is 3.18. The maximum atomic E-state index is 13.2. The third-order valence-electron chi connectivity index (χ3n) is 5.42. The number of amides is 2. The van der Waals surface area contributed by atoms with Crippen LogP contribution in [0.3, 0.4) is 0 Å². The molecule has 1 aliphatic carbocycles. The Morgan fingerprint density at radius 1 is 1.23 bits per heavy atom. The van der Waals surface area contributed by atoms with E-state index in [1.807, 2.05) is 24.0 Å². The van der Waals surface area contributed by atoms with Gasteiger partial charge in [-0.05, 0) is 61.2 Å². The molecule has 0 aromatic carbocycles. The van der Waals surface area contributed by atoms with Crippen LogP contribution in [0.1, 0.15) is 58.0 Å². The lowest BCUT2D eigenvalue weighted by Gasteiger charge is -2.18. The number of carbonyl (C=O) groups excluding carboxylic acids is 2. The monoisotopic (exact) mass is 372 g/mol. The lowest BCUT2D eigenvalue weighted by Crippen LogP contribution is -2.39. The summed E-state index contributed by atoms with van der Waals surface area (Å²) in [6.07, 6.45) is 4.46. The molecule has 0 spiro atoms. The molecule has 0 radical (unpaired) electrons. The first-order valence-corrected chi connectivity index (χ1v) is 10.1. The number of aryl methyl sites for hydroxylation is 2. The molecule has 138 valence electrons. The van der Waals surface area contributed by atoms with Gasteiger partial charge in [-0.2, -0.15) is 0 Å². The van der Waals surface area contributed by atoms with Crippen LogP contribution in [0.4, 0.5) is 0 Å². The normalized spacial score (nSPS) is 22.3. The Morgan fingerprint density at radius 3 is 2.77 bits per heavy atom. The molecule has 2 atom stereocenters. The Hall–Kier alpha value is -2.08. The van der Waals surface area contributed by atoms with Crippen LogP contribution in [0.5, 0.6) is 0 Å².